The molecule has 6 atom stereocenters. The summed E-state index contributed by atoms with van der Waals surface area (Å²) in [6, 6.07) is 0. The molecule has 3 fully saturated rings. The van der Waals surface area contributed by atoms with E-state index in [1.54, 1.807) is 0 Å². The number of ketones is 1. The Balaban J connectivity index is 1.57. The minimum Gasteiger partial charge on any atom is -0.389 e. The zero-order valence-electron chi connectivity index (χ0n) is 15.3. The van der Waals surface area contributed by atoms with Crippen LogP contribution in [0.3, 0.4) is 0 Å². The summed E-state index contributed by atoms with van der Waals surface area (Å²) in [6.07, 6.45) is 8.78. The molecule has 0 aromatic rings. The largest absolute Gasteiger partial charge is 0.389 e. The lowest BCUT2D eigenvalue weighted by Crippen LogP contribution is -2.53. The number of carbonyl (C=O) groups is 2. The molecule has 0 bridgehead atoms. The van der Waals surface area contributed by atoms with Gasteiger partial charge < -0.3 is 5.11 Å². The highest BCUT2D eigenvalue weighted by atomic mass is 16.7. The van der Waals surface area contributed by atoms with E-state index in [1.807, 2.05) is 6.08 Å². The number of carbonyl (C=O) groups excluding carboxylic acids is 2. The van der Waals surface area contributed by atoms with Gasteiger partial charge in [-0.1, -0.05) is 12.5 Å². The van der Waals surface area contributed by atoms with E-state index >= 15 is 0 Å². The molecular formula is C20H27NO5. The van der Waals surface area contributed by atoms with Gasteiger partial charge in [-0.25, -0.2) is 4.79 Å². The lowest BCUT2D eigenvalue weighted by atomic mass is 9.50. The molecule has 3 saturated carbocycles. The first-order chi connectivity index (χ1) is 12.4. The van der Waals surface area contributed by atoms with Gasteiger partial charge in [0.25, 0.3) is 0 Å². The molecule has 0 aromatic carbocycles. The van der Waals surface area contributed by atoms with Crippen molar-refractivity contribution >= 4 is 11.8 Å². The third-order valence-electron chi connectivity index (χ3n) is 8.20. The van der Waals surface area contributed by atoms with Crippen LogP contribution in [0.25, 0.3) is 0 Å². The molecule has 6 unspecified atom stereocenters. The van der Waals surface area contributed by atoms with Crippen molar-refractivity contribution in [2.75, 3.05) is 0 Å². The van der Waals surface area contributed by atoms with Crippen molar-refractivity contribution in [3.8, 4) is 0 Å². The van der Waals surface area contributed by atoms with E-state index in [0.29, 0.717) is 36.5 Å². The molecule has 0 heterocycles. The first-order valence-electron chi connectivity index (χ1n) is 9.86. The van der Waals surface area contributed by atoms with Crippen LogP contribution in [0, 0.1) is 34.0 Å². The van der Waals surface area contributed by atoms with Crippen LogP contribution in [-0.4, -0.2) is 22.5 Å². The van der Waals surface area contributed by atoms with E-state index in [4.69, 9.17) is 0 Å². The standard InChI is InChI=1S/C20H27NO5/c1-19-8-6-15-14-5-3-13(22)10-12(14)2-4-16(15)17(19)7-9-20(19,24)11-18(23)26-21-25/h10,14-17,24H,2-9,11H2,1H3. The Hall–Kier alpha value is -1.56. The minimum absolute atomic E-state index is 0.161. The fraction of sp³-hybridized carbons (Fsp3) is 0.800. The molecule has 6 nitrogen and oxygen atoms in total. The van der Waals surface area contributed by atoms with Crippen molar-refractivity contribution in [1.82, 2.24) is 0 Å². The molecule has 142 valence electrons. The molecule has 0 radical (unpaired) electrons. The van der Waals surface area contributed by atoms with Gasteiger partial charge in [-0.3, -0.25) is 9.63 Å². The second-order valence-electron chi connectivity index (χ2n) is 9.04. The first kappa shape index (κ1) is 17.8. The number of hydrogen-bond donors (Lipinski definition) is 1. The molecule has 1 N–H and O–H groups in total. The van der Waals surface area contributed by atoms with E-state index < -0.39 is 11.6 Å². The average Bonchev–Trinajstić information content (AvgIpc) is 2.85. The summed E-state index contributed by atoms with van der Waals surface area (Å²) in [5.41, 5.74) is -0.106. The first-order valence-corrected chi connectivity index (χ1v) is 9.86. The minimum atomic E-state index is -1.12. The van der Waals surface area contributed by atoms with E-state index in [2.05, 4.69) is 17.1 Å². The van der Waals surface area contributed by atoms with Gasteiger partial charge in [0, 0.05) is 6.42 Å². The lowest BCUT2D eigenvalue weighted by molar-refractivity contribution is -0.162. The van der Waals surface area contributed by atoms with Gasteiger partial charge in [-0.2, -0.15) is 0 Å². The van der Waals surface area contributed by atoms with Crippen molar-refractivity contribution in [2.45, 2.75) is 70.3 Å². The summed E-state index contributed by atoms with van der Waals surface area (Å²) in [6.45, 7) is 2.11. The van der Waals surface area contributed by atoms with Crippen molar-refractivity contribution in [1.29, 1.82) is 0 Å². The monoisotopic (exact) mass is 361 g/mol. The summed E-state index contributed by atoms with van der Waals surface area (Å²) in [4.78, 5) is 38.0. The Bertz CT molecular complexity index is 673. The summed E-state index contributed by atoms with van der Waals surface area (Å²) >= 11 is 0. The van der Waals surface area contributed by atoms with Crippen LogP contribution in [0.2, 0.25) is 0 Å². The van der Waals surface area contributed by atoms with Crippen LogP contribution in [0.5, 0.6) is 0 Å². The smallest absolute Gasteiger partial charge is 0.341 e. The predicted molar refractivity (Wildman–Crippen MR) is 93.5 cm³/mol. The van der Waals surface area contributed by atoms with Crippen molar-refractivity contribution in [2.24, 2.45) is 34.4 Å². The molecule has 26 heavy (non-hydrogen) atoms. The molecular weight excluding hydrogens is 334 g/mol. The molecule has 0 amide bonds. The molecule has 0 aromatic heterocycles. The molecule has 0 saturated heterocycles. The van der Waals surface area contributed by atoms with Gasteiger partial charge in [0.1, 0.15) is 0 Å². The van der Waals surface area contributed by atoms with Gasteiger partial charge in [-0.05, 0) is 80.1 Å². The molecule has 6 heteroatoms. The highest BCUT2D eigenvalue weighted by molar-refractivity contribution is 5.91. The van der Waals surface area contributed by atoms with Gasteiger partial charge >= 0.3 is 5.97 Å². The van der Waals surface area contributed by atoms with Gasteiger partial charge in [0.05, 0.1) is 12.0 Å². The van der Waals surface area contributed by atoms with Gasteiger partial charge in [0.2, 0.25) is 0 Å². The molecule has 0 spiro atoms. The fourth-order valence-corrected chi connectivity index (χ4v) is 6.89. The number of rotatable bonds is 3. The normalized spacial score (nSPS) is 44.4. The van der Waals surface area contributed by atoms with Crippen molar-refractivity contribution < 1.29 is 19.5 Å². The van der Waals surface area contributed by atoms with Gasteiger partial charge in [-0.15, -0.1) is 4.91 Å². The highest BCUT2D eigenvalue weighted by Gasteiger charge is 2.62. The maximum atomic E-state index is 11.8. The Kier molecular flexibility index (Phi) is 4.29. The van der Waals surface area contributed by atoms with E-state index in [-0.39, 0.29) is 17.6 Å². The van der Waals surface area contributed by atoms with E-state index in [0.717, 1.165) is 38.5 Å². The number of hydrogen-bond acceptors (Lipinski definition) is 6. The maximum Gasteiger partial charge on any atom is 0.341 e. The Morgan fingerprint density at radius 1 is 1.23 bits per heavy atom. The lowest BCUT2D eigenvalue weighted by Gasteiger charge is -2.55. The summed E-state index contributed by atoms with van der Waals surface area (Å²) in [5, 5.41) is 13.5. The Morgan fingerprint density at radius 2 is 2.04 bits per heavy atom. The van der Waals surface area contributed by atoms with E-state index in [1.165, 1.54) is 5.57 Å². The second kappa shape index (κ2) is 6.25. The van der Waals surface area contributed by atoms with Crippen LogP contribution < -0.4 is 0 Å². The Labute approximate surface area is 153 Å². The number of fused-ring (bicyclic) bond motifs is 5. The number of aliphatic hydroxyl groups is 1. The zero-order valence-corrected chi connectivity index (χ0v) is 15.3. The zero-order chi connectivity index (χ0) is 18.5. The molecule has 4 aliphatic carbocycles. The number of nitrogens with zero attached hydrogens (tertiary/aromatic N) is 1. The number of allylic oxidation sites excluding steroid dienone is 1. The van der Waals surface area contributed by atoms with Gasteiger partial charge in [0.15, 0.2) is 11.1 Å². The van der Waals surface area contributed by atoms with Crippen LogP contribution >= 0.6 is 0 Å². The van der Waals surface area contributed by atoms with Crippen LogP contribution in [0.1, 0.15) is 64.7 Å². The third kappa shape index (κ3) is 2.56. The summed E-state index contributed by atoms with van der Waals surface area (Å²) in [5.74, 6) is 1.56. The SMILES string of the molecule is CC12CCC3C4CCC(=O)C=C4CCC3C1CCC2(O)CC(=O)ON=O. The topological polar surface area (TPSA) is 93.0 Å². The summed E-state index contributed by atoms with van der Waals surface area (Å²) in [7, 11) is 0. The van der Waals surface area contributed by atoms with Crippen LogP contribution in [-0.2, 0) is 14.4 Å². The second-order valence-corrected chi connectivity index (χ2v) is 9.04. The predicted octanol–water partition coefficient (Wildman–Crippen LogP) is 3.47. The van der Waals surface area contributed by atoms with Crippen molar-refractivity contribution in [3.63, 3.8) is 0 Å². The summed E-state index contributed by atoms with van der Waals surface area (Å²) < 4.78 is 0. The molecule has 0 aliphatic heterocycles. The van der Waals surface area contributed by atoms with E-state index in [9.17, 15) is 19.6 Å². The highest BCUT2D eigenvalue weighted by Crippen LogP contribution is 2.65. The quantitative estimate of drug-likeness (QED) is 0.614. The molecule has 4 aliphatic rings. The fourth-order valence-electron chi connectivity index (χ4n) is 6.89. The average molecular weight is 361 g/mol. The van der Waals surface area contributed by atoms with Crippen LogP contribution in [0.4, 0.5) is 0 Å². The third-order valence-corrected chi connectivity index (χ3v) is 8.20. The maximum absolute atomic E-state index is 11.8. The molecule has 4 rings (SSSR count). The Morgan fingerprint density at radius 3 is 2.81 bits per heavy atom. The van der Waals surface area contributed by atoms with Crippen molar-refractivity contribution in [3.05, 3.63) is 16.6 Å². The van der Waals surface area contributed by atoms with Crippen LogP contribution in [0.15, 0.2) is 17.0 Å².